The minimum atomic E-state index is -0.812. The summed E-state index contributed by atoms with van der Waals surface area (Å²) in [5, 5.41) is 8.62. The second-order valence-corrected chi connectivity index (χ2v) is 3.42. The largest absolute Gasteiger partial charge is 0.480 e. The SMILES string of the molecule is CCC1CC(=O)CCN1CC(=O)O. The Morgan fingerprint density at radius 2 is 2.38 bits per heavy atom. The average Bonchev–Trinajstić information content (AvgIpc) is 2.07. The van der Waals surface area contributed by atoms with Gasteiger partial charge in [-0.3, -0.25) is 14.5 Å². The van der Waals surface area contributed by atoms with Crippen molar-refractivity contribution in [2.24, 2.45) is 0 Å². The third-order valence-electron chi connectivity index (χ3n) is 2.47. The van der Waals surface area contributed by atoms with Crippen LogP contribution in [0, 0.1) is 0 Å². The number of nitrogens with zero attached hydrogens (tertiary/aromatic N) is 1. The van der Waals surface area contributed by atoms with E-state index in [0.717, 1.165) is 6.42 Å². The Kier molecular flexibility index (Phi) is 3.42. The highest BCUT2D eigenvalue weighted by Gasteiger charge is 2.26. The molecule has 0 bridgehead atoms. The summed E-state index contributed by atoms with van der Waals surface area (Å²) in [5.41, 5.74) is 0. The van der Waals surface area contributed by atoms with Crippen LogP contribution in [0.5, 0.6) is 0 Å². The normalized spacial score (nSPS) is 24.7. The molecule has 1 saturated heterocycles. The molecule has 1 N–H and O–H groups in total. The van der Waals surface area contributed by atoms with Gasteiger partial charge in [-0.05, 0) is 6.42 Å². The van der Waals surface area contributed by atoms with Crippen LogP contribution in [-0.4, -0.2) is 40.9 Å². The molecule has 1 aliphatic heterocycles. The van der Waals surface area contributed by atoms with Crippen molar-refractivity contribution in [2.75, 3.05) is 13.1 Å². The molecule has 0 amide bonds. The van der Waals surface area contributed by atoms with Crippen LogP contribution in [0.15, 0.2) is 0 Å². The second-order valence-electron chi connectivity index (χ2n) is 3.42. The monoisotopic (exact) mass is 185 g/mol. The van der Waals surface area contributed by atoms with Crippen molar-refractivity contribution in [3.8, 4) is 0 Å². The maximum absolute atomic E-state index is 11.1. The quantitative estimate of drug-likeness (QED) is 0.696. The van der Waals surface area contributed by atoms with E-state index in [9.17, 15) is 9.59 Å². The number of aliphatic carboxylic acids is 1. The zero-order valence-corrected chi connectivity index (χ0v) is 7.82. The predicted molar refractivity (Wildman–Crippen MR) is 47.5 cm³/mol. The number of carboxylic acids is 1. The molecule has 0 aromatic heterocycles. The van der Waals surface area contributed by atoms with Gasteiger partial charge in [-0.2, -0.15) is 0 Å². The van der Waals surface area contributed by atoms with Crippen molar-refractivity contribution >= 4 is 11.8 Å². The van der Waals surface area contributed by atoms with Gasteiger partial charge in [-0.25, -0.2) is 0 Å². The molecule has 0 radical (unpaired) electrons. The number of ketones is 1. The van der Waals surface area contributed by atoms with Crippen molar-refractivity contribution in [1.82, 2.24) is 4.90 Å². The second kappa shape index (κ2) is 4.37. The highest BCUT2D eigenvalue weighted by Crippen LogP contribution is 2.16. The molecule has 74 valence electrons. The zero-order chi connectivity index (χ0) is 9.84. The van der Waals surface area contributed by atoms with E-state index in [1.54, 1.807) is 0 Å². The molecule has 0 aliphatic carbocycles. The van der Waals surface area contributed by atoms with E-state index in [0.29, 0.717) is 19.4 Å². The number of carbonyl (C=O) groups excluding carboxylic acids is 1. The minimum absolute atomic E-state index is 0.0613. The maximum Gasteiger partial charge on any atom is 0.317 e. The summed E-state index contributed by atoms with van der Waals surface area (Å²) in [6, 6.07) is 0.136. The molecule has 0 spiro atoms. The van der Waals surface area contributed by atoms with Crippen LogP contribution in [0.1, 0.15) is 26.2 Å². The lowest BCUT2D eigenvalue weighted by molar-refractivity contribution is -0.140. The molecular formula is C9H15NO3. The molecule has 1 fully saturated rings. The molecule has 1 rings (SSSR count). The number of piperidine rings is 1. The van der Waals surface area contributed by atoms with Crippen LogP contribution in [0.2, 0.25) is 0 Å². The van der Waals surface area contributed by atoms with E-state index in [1.807, 2.05) is 11.8 Å². The van der Waals surface area contributed by atoms with Crippen LogP contribution in [0.3, 0.4) is 0 Å². The number of hydrogen-bond acceptors (Lipinski definition) is 3. The van der Waals surface area contributed by atoms with Crippen LogP contribution in [-0.2, 0) is 9.59 Å². The molecule has 1 heterocycles. The van der Waals surface area contributed by atoms with Gasteiger partial charge in [-0.1, -0.05) is 6.92 Å². The summed E-state index contributed by atoms with van der Waals surface area (Å²) in [7, 11) is 0. The van der Waals surface area contributed by atoms with Crippen molar-refractivity contribution in [3.63, 3.8) is 0 Å². The molecule has 1 aliphatic rings. The summed E-state index contributed by atoms with van der Waals surface area (Å²) >= 11 is 0. The van der Waals surface area contributed by atoms with E-state index in [-0.39, 0.29) is 18.4 Å². The van der Waals surface area contributed by atoms with Crippen LogP contribution in [0.25, 0.3) is 0 Å². The number of carbonyl (C=O) groups is 2. The fourth-order valence-corrected chi connectivity index (χ4v) is 1.73. The van der Waals surface area contributed by atoms with Gasteiger partial charge in [0, 0.05) is 25.4 Å². The van der Waals surface area contributed by atoms with Crippen LogP contribution in [0.4, 0.5) is 0 Å². The Balaban J connectivity index is 2.52. The summed E-state index contributed by atoms with van der Waals surface area (Å²) in [6.07, 6.45) is 1.87. The van der Waals surface area contributed by atoms with E-state index < -0.39 is 5.97 Å². The Morgan fingerprint density at radius 1 is 1.69 bits per heavy atom. The van der Waals surface area contributed by atoms with E-state index in [4.69, 9.17) is 5.11 Å². The first-order valence-electron chi connectivity index (χ1n) is 4.61. The standard InChI is InChI=1S/C9H15NO3/c1-2-7-5-8(11)3-4-10(7)6-9(12)13/h7H,2-6H2,1H3,(H,12,13). The topological polar surface area (TPSA) is 57.6 Å². The lowest BCUT2D eigenvalue weighted by atomic mass is 9.99. The molecule has 4 heteroatoms. The smallest absolute Gasteiger partial charge is 0.317 e. The molecular weight excluding hydrogens is 170 g/mol. The highest BCUT2D eigenvalue weighted by atomic mass is 16.4. The number of hydrogen-bond donors (Lipinski definition) is 1. The van der Waals surface area contributed by atoms with Gasteiger partial charge >= 0.3 is 5.97 Å². The average molecular weight is 185 g/mol. The van der Waals surface area contributed by atoms with Gasteiger partial charge in [0.05, 0.1) is 6.54 Å². The van der Waals surface area contributed by atoms with E-state index in [1.165, 1.54) is 0 Å². The molecule has 1 atom stereocenters. The summed E-state index contributed by atoms with van der Waals surface area (Å²) in [4.78, 5) is 23.5. The number of rotatable bonds is 3. The zero-order valence-electron chi connectivity index (χ0n) is 7.82. The van der Waals surface area contributed by atoms with Crippen molar-refractivity contribution in [2.45, 2.75) is 32.2 Å². The fraction of sp³-hybridized carbons (Fsp3) is 0.778. The minimum Gasteiger partial charge on any atom is -0.480 e. The van der Waals surface area contributed by atoms with Gasteiger partial charge in [0.15, 0.2) is 0 Å². The van der Waals surface area contributed by atoms with Gasteiger partial charge in [0.2, 0.25) is 0 Å². The Morgan fingerprint density at radius 3 is 2.92 bits per heavy atom. The molecule has 0 saturated carbocycles. The Labute approximate surface area is 77.5 Å². The maximum atomic E-state index is 11.1. The Hall–Kier alpha value is -0.900. The molecule has 1 unspecified atom stereocenters. The first-order chi connectivity index (χ1) is 6.13. The van der Waals surface area contributed by atoms with Crippen LogP contribution >= 0.6 is 0 Å². The first-order valence-corrected chi connectivity index (χ1v) is 4.61. The fourth-order valence-electron chi connectivity index (χ4n) is 1.73. The third kappa shape index (κ3) is 2.81. The molecule has 0 aromatic rings. The molecule has 4 nitrogen and oxygen atoms in total. The highest BCUT2D eigenvalue weighted by molar-refractivity contribution is 5.80. The summed E-state index contributed by atoms with van der Waals surface area (Å²) in [5.74, 6) is -0.554. The number of likely N-dealkylation sites (tertiary alicyclic amines) is 1. The summed E-state index contributed by atoms with van der Waals surface area (Å²) in [6.45, 7) is 2.65. The van der Waals surface area contributed by atoms with Crippen LogP contribution < -0.4 is 0 Å². The van der Waals surface area contributed by atoms with Gasteiger partial charge < -0.3 is 5.11 Å². The molecule has 0 aromatic carbocycles. The van der Waals surface area contributed by atoms with E-state index >= 15 is 0 Å². The van der Waals surface area contributed by atoms with Gasteiger partial charge in [0.25, 0.3) is 0 Å². The molecule has 13 heavy (non-hydrogen) atoms. The number of Topliss-reactive ketones (excluding diaryl/α,β-unsaturated/α-hetero) is 1. The summed E-state index contributed by atoms with van der Waals surface area (Å²) < 4.78 is 0. The third-order valence-corrected chi connectivity index (χ3v) is 2.47. The number of carboxylic acid groups (broad SMARTS) is 1. The lowest BCUT2D eigenvalue weighted by Crippen LogP contribution is -2.44. The van der Waals surface area contributed by atoms with Gasteiger partial charge in [0.1, 0.15) is 5.78 Å². The van der Waals surface area contributed by atoms with E-state index in [2.05, 4.69) is 0 Å². The first kappa shape index (κ1) is 10.2. The predicted octanol–water partition coefficient (Wildman–Crippen LogP) is 0.514. The van der Waals surface area contributed by atoms with Crippen molar-refractivity contribution in [3.05, 3.63) is 0 Å². The van der Waals surface area contributed by atoms with Gasteiger partial charge in [-0.15, -0.1) is 0 Å². The lowest BCUT2D eigenvalue weighted by Gasteiger charge is -2.32. The Bertz CT molecular complexity index is 215. The van der Waals surface area contributed by atoms with Crippen molar-refractivity contribution < 1.29 is 14.7 Å². The van der Waals surface area contributed by atoms with Crippen molar-refractivity contribution in [1.29, 1.82) is 0 Å².